The van der Waals surface area contributed by atoms with Gasteiger partial charge in [-0.2, -0.15) is 0 Å². The Morgan fingerprint density at radius 2 is 1.68 bits per heavy atom. The summed E-state index contributed by atoms with van der Waals surface area (Å²) in [5, 5.41) is 0.286. The molecule has 25 heavy (non-hydrogen) atoms. The summed E-state index contributed by atoms with van der Waals surface area (Å²) in [6.45, 7) is 21.5. The summed E-state index contributed by atoms with van der Waals surface area (Å²) in [6.07, 6.45) is 12.6. The lowest BCUT2D eigenvalue weighted by Crippen LogP contribution is -2.40. The quantitative estimate of drug-likeness (QED) is 0.176. The number of allylic oxidation sites excluding steroid dienone is 3. The molecule has 0 rings (SSSR count). The standard InChI is InChI=1S/C22H42OSi2/c1-10-11-12-16-21(18-15-20-24(5,6)7)17-13-14-19-23-25(8,9)22(2,3)4/h13,17-18H,10-12,14,16,19H2,1-9H3/b17-13-,21-18+. The average Bonchev–Trinajstić information content (AvgIpc) is 2.43. The SMILES string of the molecule is CCCCCC(/C=C\CCO[Si](C)(C)C(C)(C)C)=C\C#C[Si](C)(C)C. The van der Waals surface area contributed by atoms with E-state index in [-0.39, 0.29) is 5.04 Å². The van der Waals surface area contributed by atoms with Gasteiger partial charge in [0.25, 0.3) is 0 Å². The fourth-order valence-corrected chi connectivity index (χ4v) is 3.53. The van der Waals surface area contributed by atoms with E-state index in [1.165, 1.54) is 24.8 Å². The molecule has 0 unspecified atom stereocenters. The molecule has 3 heteroatoms. The average molecular weight is 379 g/mol. The van der Waals surface area contributed by atoms with E-state index in [0.717, 1.165) is 19.4 Å². The molecule has 0 aromatic carbocycles. The van der Waals surface area contributed by atoms with Gasteiger partial charge in [-0.05, 0) is 49.0 Å². The van der Waals surface area contributed by atoms with Crippen LogP contribution in [-0.4, -0.2) is 23.0 Å². The predicted octanol–water partition coefficient (Wildman–Crippen LogP) is 7.34. The molecule has 144 valence electrons. The highest BCUT2D eigenvalue weighted by atomic mass is 28.4. The van der Waals surface area contributed by atoms with Gasteiger partial charge in [0.1, 0.15) is 8.07 Å². The first-order valence-corrected chi connectivity index (χ1v) is 16.3. The summed E-state index contributed by atoms with van der Waals surface area (Å²) in [5.74, 6) is 3.31. The Bertz CT molecular complexity index is 491. The minimum atomic E-state index is -1.62. The maximum Gasteiger partial charge on any atom is 0.191 e. The van der Waals surface area contributed by atoms with Crippen LogP contribution >= 0.6 is 0 Å². The molecule has 0 aromatic rings. The van der Waals surface area contributed by atoms with E-state index in [1.807, 2.05) is 0 Å². The zero-order valence-corrected chi connectivity index (χ0v) is 20.4. The van der Waals surface area contributed by atoms with Crippen molar-refractivity contribution in [1.29, 1.82) is 0 Å². The molecule has 1 nitrogen and oxygen atoms in total. The smallest absolute Gasteiger partial charge is 0.191 e. The van der Waals surface area contributed by atoms with Gasteiger partial charge in [0, 0.05) is 6.61 Å². The van der Waals surface area contributed by atoms with Crippen LogP contribution in [0.2, 0.25) is 37.8 Å². The van der Waals surface area contributed by atoms with Gasteiger partial charge in [-0.25, -0.2) is 0 Å². The van der Waals surface area contributed by atoms with E-state index >= 15 is 0 Å². The molecule has 0 spiro atoms. The van der Waals surface area contributed by atoms with Gasteiger partial charge in [-0.15, -0.1) is 5.54 Å². The van der Waals surface area contributed by atoms with Gasteiger partial charge in [0.15, 0.2) is 8.32 Å². The minimum absolute atomic E-state index is 0.286. The molecule has 0 aliphatic heterocycles. The van der Waals surface area contributed by atoms with Crippen LogP contribution in [0.3, 0.4) is 0 Å². The number of unbranched alkanes of at least 4 members (excludes halogenated alkanes) is 2. The van der Waals surface area contributed by atoms with Crippen molar-refractivity contribution in [3.05, 3.63) is 23.8 Å². The minimum Gasteiger partial charge on any atom is -0.417 e. The number of hydrogen-bond donors (Lipinski definition) is 0. The molecule has 0 heterocycles. The monoisotopic (exact) mass is 378 g/mol. The van der Waals surface area contributed by atoms with Gasteiger partial charge in [0.2, 0.25) is 0 Å². The summed E-state index contributed by atoms with van der Waals surface area (Å²) >= 11 is 0. The molecular weight excluding hydrogens is 336 g/mol. The zero-order chi connectivity index (χ0) is 19.6. The zero-order valence-electron chi connectivity index (χ0n) is 18.4. The van der Waals surface area contributed by atoms with Crippen molar-refractivity contribution in [2.75, 3.05) is 6.61 Å². The lowest BCUT2D eigenvalue weighted by molar-refractivity contribution is 0.294. The Hall–Kier alpha value is -0.566. The third-order valence-corrected chi connectivity index (χ3v) is 10.1. The largest absolute Gasteiger partial charge is 0.417 e. The molecule has 0 fully saturated rings. The second-order valence-electron chi connectivity index (χ2n) is 9.50. The third kappa shape index (κ3) is 12.4. The third-order valence-electron chi connectivity index (χ3n) is 4.66. The summed E-state index contributed by atoms with van der Waals surface area (Å²) < 4.78 is 6.25. The van der Waals surface area contributed by atoms with Crippen molar-refractivity contribution < 1.29 is 4.43 Å². The molecule has 0 N–H and O–H groups in total. The molecule has 0 saturated heterocycles. The van der Waals surface area contributed by atoms with Gasteiger partial charge < -0.3 is 4.43 Å². The lowest BCUT2D eigenvalue weighted by atomic mass is 10.1. The van der Waals surface area contributed by atoms with Crippen LogP contribution in [0.4, 0.5) is 0 Å². The van der Waals surface area contributed by atoms with Crippen LogP contribution in [0.5, 0.6) is 0 Å². The maximum absolute atomic E-state index is 6.25. The van der Waals surface area contributed by atoms with Crippen LogP contribution in [0, 0.1) is 11.5 Å². The maximum atomic E-state index is 6.25. The predicted molar refractivity (Wildman–Crippen MR) is 120 cm³/mol. The van der Waals surface area contributed by atoms with E-state index in [2.05, 4.69) is 90.1 Å². The first-order valence-electron chi connectivity index (χ1n) is 9.91. The van der Waals surface area contributed by atoms with E-state index < -0.39 is 16.4 Å². The van der Waals surface area contributed by atoms with Crippen LogP contribution in [0.25, 0.3) is 0 Å². The van der Waals surface area contributed by atoms with E-state index in [0.29, 0.717) is 0 Å². The summed E-state index contributed by atoms with van der Waals surface area (Å²) in [4.78, 5) is 0. The highest BCUT2D eigenvalue weighted by molar-refractivity contribution is 6.83. The lowest BCUT2D eigenvalue weighted by Gasteiger charge is -2.36. The Balaban J connectivity index is 4.66. The van der Waals surface area contributed by atoms with E-state index in [9.17, 15) is 0 Å². The first-order chi connectivity index (χ1) is 11.4. The van der Waals surface area contributed by atoms with Crippen molar-refractivity contribution in [2.24, 2.45) is 0 Å². The molecule has 0 aliphatic rings. The molecule has 0 radical (unpaired) electrons. The number of rotatable bonds is 9. The van der Waals surface area contributed by atoms with Crippen molar-refractivity contribution in [1.82, 2.24) is 0 Å². The highest BCUT2D eigenvalue weighted by Crippen LogP contribution is 2.36. The Morgan fingerprint density at radius 1 is 1.04 bits per heavy atom. The molecular formula is C22H42OSi2. The topological polar surface area (TPSA) is 9.23 Å². The normalized spacial score (nSPS) is 13.9. The summed E-state index contributed by atoms with van der Waals surface area (Å²) in [6, 6.07) is 0. The number of hydrogen-bond acceptors (Lipinski definition) is 1. The van der Waals surface area contributed by atoms with E-state index in [4.69, 9.17) is 4.43 Å². The Morgan fingerprint density at radius 3 is 2.20 bits per heavy atom. The van der Waals surface area contributed by atoms with Gasteiger partial charge >= 0.3 is 0 Å². The van der Waals surface area contributed by atoms with Crippen LogP contribution in [0.15, 0.2) is 23.8 Å². The van der Waals surface area contributed by atoms with Gasteiger partial charge in [-0.3, -0.25) is 0 Å². The van der Waals surface area contributed by atoms with Gasteiger partial charge in [-0.1, -0.05) is 78.3 Å². The van der Waals surface area contributed by atoms with Crippen LogP contribution < -0.4 is 0 Å². The molecule has 0 aromatic heterocycles. The summed E-state index contributed by atoms with van der Waals surface area (Å²) in [7, 11) is -2.91. The van der Waals surface area contributed by atoms with Gasteiger partial charge in [0.05, 0.1) is 0 Å². The van der Waals surface area contributed by atoms with Crippen molar-refractivity contribution in [3.8, 4) is 11.5 Å². The molecule has 0 aliphatic carbocycles. The highest BCUT2D eigenvalue weighted by Gasteiger charge is 2.36. The fourth-order valence-electron chi connectivity index (χ4n) is 1.96. The Kier molecular flexibility index (Phi) is 11.0. The Labute approximate surface area is 160 Å². The summed E-state index contributed by atoms with van der Waals surface area (Å²) in [5.41, 5.74) is 4.81. The van der Waals surface area contributed by atoms with Crippen molar-refractivity contribution in [2.45, 2.75) is 97.6 Å². The van der Waals surface area contributed by atoms with Crippen molar-refractivity contribution >= 4 is 16.4 Å². The molecule has 0 saturated carbocycles. The van der Waals surface area contributed by atoms with E-state index in [1.54, 1.807) is 0 Å². The molecule has 0 bridgehead atoms. The van der Waals surface area contributed by atoms with Crippen LogP contribution in [0.1, 0.15) is 59.8 Å². The van der Waals surface area contributed by atoms with Crippen LogP contribution in [-0.2, 0) is 4.43 Å². The molecule has 0 amide bonds. The second kappa shape index (κ2) is 11.2. The molecule has 0 atom stereocenters. The fraction of sp³-hybridized carbons (Fsp3) is 0.727. The second-order valence-corrected chi connectivity index (χ2v) is 19.1. The van der Waals surface area contributed by atoms with Crippen molar-refractivity contribution in [3.63, 3.8) is 0 Å². The first kappa shape index (κ1) is 24.4.